The Morgan fingerprint density at radius 3 is 2.50 bits per heavy atom. The minimum absolute atomic E-state index is 0.0311. The van der Waals surface area contributed by atoms with Crippen LogP contribution >= 0.6 is 15.9 Å². The maximum atomic E-state index is 10.7. The van der Waals surface area contributed by atoms with Gasteiger partial charge in [-0.3, -0.25) is 10.1 Å². The Morgan fingerprint density at radius 2 is 1.79 bits per heavy atom. The first-order valence-electron chi connectivity index (χ1n) is 7.02. The Hall–Kier alpha value is -2.93. The normalized spacial score (nSPS) is 11.0. The zero-order valence-electron chi connectivity index (χ0n) is 12.1. The van der Waals surface area contributed by atoms with Crippen LogP contribution in [0.1, 0.15) is 0 Å². The van der Waals surface area contributed by atoms with E-state index in [9.17, 15) is 10.1 Å². The number of nitro benzene ring substituents is 1. The molecule has 2 aromatic carbocycles. The van der Waals surface area contributed by atoms with Crippen molar-refractivity contribution >= 4 is 32.7 Å². The predicted octanol–water partition coefficient (Wildman–Crippen LogP) is 5.43. The van der Waals surface area contributed by atoms with Crippen molar-refractivity contribution in [2.75, 3.05) is 0 Å². The van der Waals surface area contributed by atoms with Gasteiger partial charge in [-0.25, -0.2) is 4.98 Å². The third-order valence-corrected chi connectivity index (χ3v) is 4.13. The summed E-state index contributed by atoms with van der Waals surface area (Å²) in [7, 11) is 0. The van der Waals surface area contributed by atoms with Crippen LogP contribution in [0, 0.1) is 10.1 Å². The quantitative estimate of drug-likeness (QED) is 0.347. The third-order valence-electron chi connectivity index (χ3n) is 3.54. The van der Waals surface area contributed by atoms with Crippen molar-refractivity contribution in [2.24, 2.45) is 0 Å². The first kappa shape index (κ1) is 14.6. The second-order valence-corrected chi connectivity index (χ2v) is 5.93. The molecule has 0 N–H and O–H groups in total. The number of aromatic nitrogens is 1. The fraction of sp³-hybridized carbons (Fsp3) is 0. The van der Waals surface area contributed by atoms with Gasteiger partial charge >= 0.3 is 0 Å². The number of halogens is 1. The van der Waals surface area contributed by atoms with Crippen LogP contribution in [0.3, 0.4) is 0 Å². The summed E-state index contributed by atoms with van der Waals surface area (Å²) in [6.07, 6.45) is 0. The number of hydrogen-bond acceptors (Lipinski definition) is 5. The van der Waals surface area contributed by atoms with Gasteiger partial charge in [0.15, 0.2) is 5.58 Å². The molecule has 0 radical (unpaired) electrons. The van der Waals surface area contributed by atoms with Gasteiger partial charge in [0.1, 0.15) is 11.3 Å². The molecule has 2 aromatic heterocycles. The van der Waals surface area contributed by atoms with Crippen LogP contribution in [-0.4, -0.2) is 9.91 Å². The Bertz CT molecular complexity index is 1020. The minimum Gasteiger partial charge on any atom is -0.450 e. The number of para-hydroxylation sites is 2. The molecule has 0 amide bonds. The molecule has 0 fully saturated rings. The van der Waals surface area contributed by atoms with E-state index < -0.39 is 4.92 Å². The second kappa shape index (κ2) is 5.61. The highest BCUT2D eigenvalue weighted by Gasteiger charge is 2.18. The predicted molar refractivity (Wildman–Crippen MR) is 91.5 cm³/mol. The van der Waals surface area contributed by atoms with Crippen molar-refractivity contribution in [1.29, 1.82) is 0 Å². The lowest BCUT2D eigenvalue weighted by atomic mass is 10.1. The third kappa shape index (κ3) is 2.48. The van der Waals surface area contributed by atoms with Crippen molar-refractivity contribution in [1.82, 2.24) is 4.98 Å². The van der Waals surface area contributed by atoms with Crippen molar-refractivity contribution in [3.63, 3.8) is 0 Å². The summed E-state index contributed by atoms with van der Waals surface area (Å²) < 4.78 is 12.3. The maximum Gasteiger partial charge on any atom is 0.269 e. The van der Waals surface area contributed by atoms with Gasteiger partial charge in [-0.05, 0) is 46.3 Å². The van der Waals surface area contributed by atoms with Crippen LogP contribution < -0.4 is 0 Å². The lowest BCUT2D eigenvalue weighted by Crippen LogP contribution is -1.86. The molecule has 118 valence electrons. The molecule has 0 aliphatic rings. The van der Waals surface area contributed by atoms with Crippen LogP contribution in [0.25, 0.3) is 34.1 Å². The van der Waals surface area contributed by atoms with Gasteiger partial charge in [0.2, 0.25) is 5.76 Å². The Balaban J connectivity index is 1.75. The standard InChI is InChI=1S/C17H9BrN2O4/c18-12-9-15(10-5-7-11(8-6-10)20(21)22)23-16(12)17-19-13-3-1-2-4-14(13)24-17/h1-9H. The van der Waals surface area contributed by atoms with Crippen molar-refractivity contribution in [3.8, 4) is 23.0 Å². The minimum atomic E-state index is -0.439. The molecule has 0 atom stereocenters. The van der Waals surface area contributed by atoms with E-state index in [2.05, 4.69) is 20.9 Å². The summed E-state index contributed by atoms with van der Waals surface area (Å²) in [6, 6.07) is 15.4. The van der Waals surface area contributed by atoms with Crippen LogP contribution in [0.2, 0.25) is 0 Å². The van der Waals surface area contributed by atoms with Gasteiger partial charge in [0, 0.05) is 17.7 Å². The zero-order chi connectivity index (χ0) is 16.7. The Kier molecular flexibility index (Phi) is 3.42. The fourth-order valence-electron chi connectivity index (χ4n) is 2.37. The molecule has 6 nitrogen and oxygen atoms in total. The first-order chi connectivity index (χ1) is 11.6. The van der Waals surface area contributed by atoms with Crippen LogP contribution in [0.4, 0.5) is 5.69 Å². The molecule has 0 saturated heterocycles. The number of fused-ring (bicyclic) bond motifs is 1. The number of furan rings is 1. The number of benzene rings is 2. The van der Waals surface area contributed by atoms with E-state index in [1.807, 2.05) is 24.3 Å². The number of rotatable bonds is 3. The largest absolute Gasteiger partial charge is 0.450 e. The monoisotopic (exact) mass is 384 g/mol. The van der Waals surface area contributed by atoms with E-state index in [0.717, 1.165) is 11.1 Å². The van der Waals surface area contributed by atoms with Crippen molar-refractivity contribution in [3.05, 3.63) is 69.2 Å². The number of oxazole rings is 1. The van der Waals surface area contributed by atoms with Crippen LogP contribution in [0.5, 0.6) is 0 Å². The lowest BCUT2D eigenvalue weighted by molar-refractivity contribution is -0.384. The van der Waals surface area contributed by atoms with Gasteiger partial charge in [0.05, 0.1) is 9.40 Å². The smallest absolute Gasteiger partial charge is 0.269 e. The summed E-state index contributed by atoms with van der Waals surface area (Å²) >= 11 is 3.44. The van der Waals surface area contributed by atoms with Crippen molar-refractivity contribution < 1.29 is 13.8 Å². The topological polar surface area (TPSA) is 82.3 Å². The molecular weight excluding hydrogens is 376 g/mol. The molecule has 7 heteroatoms. The highest BCUT2D eigenvalue weighted by molar-refractivity contribution is 9.10. The molecular formula is C17H9BrN2O4. The molecule has 0 aliphatic carbocycles. The summed E-state index contributed by atoms with van der Waals surface area (Å²) in [5.74, 6) is 1.41. The van der Waals surface area contributed by atoms with E-state index in [0.29, 0.717) is 27.5 Å². The average Bonchev–Trinajstić information content (AvgIpc) is 3.18. The first-order valence-corrected chi connectivity index (χ1v) is 7.81. The molecule has 0 saturated carbocycles. The molecule has 0 aliphatic heterocycles. The van der Waals surface area contributed by atoms with Crippen LogP contribution in [-0.2, 0) is 0 Å². The van der Waals surface area contributed by atoms with Gasteiger partial charge in [-0.15, -0.1) is 0 Å². The Morgan fingerprint density at radius 1 is 1.04 bits per heavy atom. The van der Waals surface area contributed by atoms with Gasteiger partial charge in [0.25, 0.3) is 11.6 Å². The van der Waals surface area contributed by atoms with Gasteiger partial charge < -0.3 is 8.83 Å². The fourth-order valence-corrected chi connectivity index (χ4v) is 2.83. The van der Waals surface area contributed by atoms with Gasteiger partial charge in [-0.1, -0.05) is 12.1 Å². The molecule has 0 spiro atoms. The highest BCUT2D eigenvalue weighted by atomic mass is 79.9. The highest BCUT2D eigenvalue weighted by Crippen LogP contribution is 2.37. The average molecular weight is 385 g/mol. The molecule has 0 unspecified atom stereocenters. The van der Waals surface area contributed by atoms with E-state index in [1.165, 1.54) is 12.1 Å². The van der Waals surface area contributed by atoms with Crippen molar-refractivity contribution in [2.45, 2.75) is 0 Å². The molecule has 24 heavy (non-hydrogen) atoms. The number of non-ortho nitro benzene ring substituents is 1. The van der Waals surface area contributed by atoms with E-state index >= 15 is 0 Å². The number of hydrogen-bond donors (Lipinski definition) is 0. The number of nitrogens with zero attached hydrogens (tertiary/aromatic N) is 2. The molecule has 0 bridgehead atoms. The second-order valence-electron chi connectivity index (χ2n) is 5.08. The van der Waals surface area contributed by atoms with Crippen LogP contribution in [0.15, 0.2) is 67.9 Å². The molecule has 2 heterocycles. The van der Waals surface area contributed by atoms with E-state index in [4.69, 9.17) is 8.83 Å². The van der Waals surface area contributed by atoms with E-state index in [-0.39, 0.29) is 5.69 Å². The SMILES string of the molecule is O=[N+]([O-])c1ccc(-c2cc(Br)c(-c3nc4ccccc4o3)o2)cc1. The van der Waals surface area contributed by atoms with E-state index in [1.54, 1.807) is 18.2 Å². The van der Waals surface area contributed by atoms with Gasteiger partial charge in [-0.2, -0.15) is 0 Å². The summed E-state index contributed by atoms with van der Waals surface area (Å²) in [4.78, 5) is 14.7. The Labute approximate surface area is 144 Å². The number of nitro groups is 1. The zero-order valence-corrected chi connectivity index (χ0v) is 13.7. The summed E-state index contributed by atoms with van der Waals surface area (Å²) in [5.41, 5.74) is 2.17. The summed E-state index contributed by atoms with van der Waals surface area (Å²) in [5, 5.41) is 10.7. The lowest BCUT2D eigenvalue weighted by Gasteiger charge is -1.96. The molecule has 4 rings (SSSR count). The summed E-state index contributed by atoms with van der Waals surface area (Å²) in [6.45, 7) is 0. The molecule has 4 aromatic rings. The maximum absolute atomic E-state index is 10.7.